The highest BCUT2D eigenvalue weighted by molar-refractivity contribution is 5.94. The summed E-state index contributed by atoms with van der Waals surface area (Å²) >= 11 is 0. The molecule has 3 aromatic carbocycles. The van der Waals surface area contributed by atoms with Crippen molar-refractivity contribution in [3.63, 3.8) is 0 Å². The van der Waals surface area contributed by atoms with Gasteiger partial charge in [-0.15, -0.1) is 0 Å². The van der Waals surface area contributed by atoms with Crippen LogP contribution < -0.4 is 19.9 Å². The Labute approximate surface area is 243 Å². The number of nitrogens with zero attached hydrogens (tertiary/aromatic N) is 2. The molecule has 0 fully saturated rings. The quantitative estimate of drug-likeness (QED) is 0.239. The molecule has 220 valence electrons. The Morgan fingerprint density at radius 1 is 1.00 bits per heavy atom. The molecule has 0 radical (unpaired) electrons. The number of halogens is 2. The average Bonchev–Trinajstić information content (AvgIpc) is 2.93. The van der Waals surface area contributed by atoms with E-state index in [0.29, 0.717) is 12.1 Å². The molecule has 0 saturated heterocycles. The summed E-state index contributed by atoms with van der Waals surface area (Å²) in [6, 6.07) is 21.3. The third-order valence-electron chi connectivity index (χ3n) is 7.63. The van der Waals surface area contributed by atoms with Crippen LogP contribution >= 0.6 is 0 Å². The first-order valence-electron chi connectivity index (χ1n) is 14.8. The third-order valence-corrected chi connectivity index (χ3v) is 7.63. The van der Waals surface area contributed by atoms with E-state index in [0.717, 1.165) is 68.1 Å². The number of amides is 1. The third kappa shape index (κ3) is 7.57. The molecule has 1 N–H and O–H groups in total. The summed E-state index contributed by atoms with van der Waals surface area (Å²) < 4.78 is 32.5. The van der Waals surface area contributed by atoms with Crippen LogP contribution in [0.3, 0.4) is 0 Å². The lowest BCUT2D eigenvalue weighted by atomic mass is 9.88. The van der Waals surface area contributed by atoms with E-state index < -0.39 is 6.11 Å². The number of hydrogen-bond donors (Lipinski definition) is 1. The number of unbranched alkanes of at least 4 members (excludes halogenated alkanes) is 2. The van der Waals surface area contributed by atoms with Crippen molar-refractivity contribution in [1.29, 1.82) is 0 Å². The van der Waals surface area contributed by atoms with E-state index in [9.17, 15) is 13.6 Å². The van der Waals surface area contributed by atoms with Gasteiger partial charge < -0.3 is 19.9 Å². The molecule has 0 aliphatic carbocycles. The lowest BCUT2D eigenvalue weighted by Crippen LogP contribution is -2.43. The van der Waals surface area contributed by atoms with Crippen molar-refractivity contribution >= 4 is 23.0 Å². The predicted octanol–water partition coefficient (Wildman–Crippen LogP) is 9.05. The first kappa shape index (κ1) is 30.4. The van der Waals surface area contributed by atoms with E-state index in [1.807, 2.05) is 17.9 Å². The summed E-state index contributed by atoms with van der Waals surface area (Å²) in [5.41, 5.74) is 5.63. The molecule has 0 unspecified atom stereocenters. The summed E-state index contributed by atoms with van der Waals surface area (Å²) in [6.45, 7) is 10.8. The molecular formula is C34H43F2N3O2. The first-order valence-corrected chi connectivity index (χ1v) is 14.8. The molecule has 0 aromatic heterocycles. The molecule has 41 heavy (non-hydrogen) atoms. The zero-order valence-corrected chi connectivity index (χ0v) is 24.9. The lowest BCUT2D eigenvalue weighted by Gasteiger charge is -2.40. The van der Waals surface area contributed by atoms with Crippen LogP contribution in [-0.4, -0.2) is 31.1 Å². The van der Waals surface area contributed by atoms with Crippen molar-refractivity contribution in [2.75, 3.05) is 28.2 Å². The zero-order valence-electron chi connectivity index (χ0n) is 24.9. The minimum Gasteiger partial charge on any atom is -0.431 e. The molecule has 2 atom stereocenters. The maximum Gasteiger partial charge on any atom is 0.394 e. The molecule has 1 aliphatic heterocycles. The van der Waals surface area contributed by atoms with Crippen molar-refractivity contribution in [1.82, 2.24) is 0 Å². The number of benzene rings is 3. The predicted molar refractivity (Wildman–Crippen MR) is 165 cm³/mol. The van der Waals surface area contributed by atoms with Crippen LogP contribution in [0.1, 0.15) is 78.3 Å². The van der Waals surface area contributed by atoms with Gasteiger partial charge in [0.2, 0.25) is 5.91 Å². The molecule has 0 spiro atoms. The second-order valence-corrected chi connectivity index (χ2v) is 11.1. The van der Waals surface area contributed by atoms with Gasteiger partial charge in [-0.3, -0.25) is 4.79 Å². The number of ether oxygens (including phenoxy) is 1. The number of fused-ring (bicyclic) bond motifs is 1. The highest BCUT2D eigenvalue weighted by Gasteiger charge is 2.33. The van der Waals surface area contributed by atoms with Crippen molar-refractivity contribution in [3.8, 4) is 16.9 Å². The standard InChI is InChI=1S/C34H43F2N3O2/c1-6-8-19-38(20-9-7-2)28-14-12-13-26(22-28)27-17-18-32-29(23-27)31(21-24(3)39(32)25(4)40)37-30-15-10-11-16-33(30)41-34(5,35)36/h10-18,22-24,31,37H,6-9,19-21H2,1-5H3/t24-,31+/m0/s1. The molecular weight excluding hydrogens is 520 g/mol. The highest BCUT2D eigenvalue weighted by atomic mass is 19.3. The molecule has 0 bridgehead atoms. The lowest BCUT2D eigenvalue weighted by molar-refractivity contribution is -0.158. The molecule has 7 heteroatoms. The van der Waals surface area contributed by atoms with Gasteiger partial charge in [-0.25, -0.2) is 0 Å². The van der Waals surface area contributed by atoms with Crippen molar-refractivity contribution in [2.45, 2.75) is 84.9 Å². The smallest absolute Gasteiger partial charge is 0.394 e. The number of anilines is 3. The van der Waals surface area contributed by atoms with Crippen molar-refractivity contribution < 1.29 is 18.3 Å². The average molecular weight is 564 g/mol. The Morgan fingerprint density at radius 2 is 1.68 bits per heavy atom. The van der Waals surface area contributed by atoms with Crippen LogP contribution in [0.15, 0.2) is 66.7 Å². The fourth-order valence-corrected chi connectivity index (χ4v) is 5.67. The Bertz CT molecular complexity index is 1320. The number of carbonyl (C=O) groups is 1. The van der Waals surface area contributed by atoms with Crippen molar-refractivity contribution in [3.05, 3.63) is 72.3 Å². The summed E-state index contributed by atoms with van der Waals surface area (Å²) in [4.78, 5) is 17.0. The van der Waals surface area contributed by atoms with Gasteiger partial charge >= 0.3 is 6.11 Å². The van der Waals surface area contributed by atoms with Crippen LogP contribution in [0.4, 0.5) is 25.8 Å². The minimum atomic E-state index is -3.30. The number of rotatable bonds is 12. The molecule has 0 saturated carbocycles. The summed E-state index contributed by atoms with van der Waals surface area (Å²) in [5, 5.41) is 3.47. The van der Waals surface area contributed by atoms with Gasteiger partial charge in [0, 0.05) is 44.4 Å². The largest absolute Gasteiger partial charge is 0.431 e. The number of hydrogen-bond acceptors (Lipinski definition) is 4. The van der Waals surface area contributed by atoms with Gasteiger partial charge in [-0.2, -0.15) is 8.78 Å². The maximum atomic E-state index is 13.8. The van der Waals surface area contributed by atoms with E-state index in [1.54, 1.807) is 31.2 Å². The van der Waals surface area contributed by atoms with Crippen LogP contribution in [-0.2, 0) is 4.79 Å². The fraction of sp³-hybridized carbons (Fsp3) is 0.441. The second-order valence-electron chi connectivity index (χ2n) is 11.1. The molecule has 4 rings (SSSR count). The van der Waals surface area contributed by atoms with Gasteiger partial charge in [0.1, 0.15) is 5.75 Å². The topological polar surface area (TPSA) is 44.8 Å². The number of para-hydroxylation sites is 2. The van der Waals surface area contributed by atoms with Gasteiger partial charge in [-0.1, -0.05) is 57.0 Å². The monoisotopic (exact) mass is 563 g/mol. The normalized spacial score (nSPS) is 16.7. The Kier molecular flexibility index (Phi) is 9.90. The Morgan fingerprint density at radius 3 is 2.34 bits per heavy atom. The van der Waals surface area contributed by atoms with Gasteiger partial charge in [0.25, 0.3) is 0 Å². The van der Waals surface area contributed by atoms with E-state index in [2.05, 4.69) is 60.5 Å². The summed E-state index contributed by atoms with van der Waals surface area (Å²) in [6.07, 6.45) is 1.91. The Hall–Kier alpha value is -3.61. The van der Waals surface area contributed by atoms with Crippen LogP contribution in [0, 0.1) is 0 Å². The van der Waals surface area contributed by atoms with E-state index in [1.165, 1.54) is 5.69 Å². The molecule has 1 amide bonds. The molecule has 3 aromatic rings. The van der Waals surface area contributed by atoms with E-state index >= 15 is 0 Å². The van der Waals surface area contributed by atoms with Gasteiger partial charge in [0.15, 0.2) is 0 Å². The summed E-state index contributed by atoms with van der Waals surface area (Å²) in [7, 11) is 0. The van der Waals surface area contributed by atoms with Crippen LogP contribution in [0.25, 0.3) is 11.1 Å². The number of carbonyl (C=O) groups excluding carboxylic acids is 1. The number of nitrogens with one attached hydrogen (secondary N) is 1. The van der Waals surface area contributed by atoms with E-state index in [-0.39, 0.29) is 23.7 Å². The fourth-order valence-electron chi connectivity index (χ4n) is 5.67. The van der Waals surface area contributed by atoms with Crippen molar-refractivity contribution in [2.24, 2.45) is 0 Å². The highest BCUT2D eigenvalue weighted by Crippen LogP contribution is 2.43. The zero-order chi connectivity index (χ0) is 29.6. The molecule has 1 heterocycles. The summed E-state index contributed by atoms with van der Waals surface area (Å²) in [5.74, 6) is 0.0649. The minimum absolute atomic E-state index is 0.0243. The van der Waals surface area contributed by atoms with E-state index in [4.69, 9.17) is 4.74 Å². The molecule has 5 nitrogen and oxygen atoms in total. The van der Waals surface area contributed by atoms with Crippen LogP contribution in [0.2, 0.25) is 0 Å². The molecule has 1 aliphatic rings. The SMILES string of the molecule is CCCCN(CCCC)c1cccc(-c2ccc3c(c2)[C@H](Nc2ccccc2OC(C)(F)F)C[C@H](C)N3C(C)=O)c1. The maximum absolute atomic E-state index is 13.8. The van der Waals surface area contributed by atoms with Crippen LogP contribution in [0.5, 0.6) is 5.75 Å². The van der Waals surface area contributed by atoms with Gasteiger partial charge in [0.05, 0.1) is 11.7 Å². The second kappa shape index (κ2) is 13.4. The first-order chi connectivity index (χ1) is 19.6. The Balaban J connectivity index is 1.73. The number of alkyl halides is 2. The van der Waals surface area contributed by atoms with Gasteiger partial charge in [-0.05, 0) is 79.3 Å².